The van der Waals surface area contributed by atoms with Crippen molar-refractivity contribution in [2.75, 3.05) is 6.54 Å². The van der Waals surface area contributed by atoms with Crippen LogP contribution in [0.25, 0.3) is 0 Å². The third-order valence-electron chi connectivity index (χ3n) is 4.46. The van der Waals surface area contributed by atoms with Gasteiger partial charge in [-0.2, -0.15) is 22.0 Å². The minimum Gasteiger partial charge on any atom is -0.351 e. The van der Waals surface area contributed by atoms with E-state index in [2.05, 4.69) is 6.92 Å². The van der Waals surface area contributed by atoms with Crippen molar-refractivity contribution in [1.29, 1.82) is 0 Å². The Balaban J connectivity index is 3.38. The molecule has 0 aromatic rings. The largest absolute Gasteiger partial charge is 0.463 e. The van der Waals surface area contributed by atoms with Crippen LogP contribution in [-0.4, -0.2) is 24.6 Å². The fraction of sp³-hybridized carbons (Fsp3) is 0.947. The molecular formula is C19H34F5NO. The van der Waals surface area contributed by atoms with Crippen molar-refractivity contribution in [2.45, 2.75) is 109 Å². The van der Waals surface area contributed by atoms with Crippen LogP contribution < -0.4 is 5.32 Å². The number of amides is 1. The van der Waals surface area contributed by atoms with Crippen LogP contribution >= 0.6 is 0 Å². The molecule has 0 atom stereocenters. The number of alkyl halides is 5. The molecule has 26 heavy (non-hydrogen) atoms. The molecule has 0 saturated heterocycles. The van der Waals surface area contributed by atoms with Crippen molar-refractivity contribution in [1.82, 2.24) is 5.32 Å². The third-order valence-corrected chi connectivity index (χ3v) is 4.46. The highest BCUT2D eigenvalue weighted by atomic mass is 19.4. The molecule has 0 rings (SSSR count). The van der Waals surface area contributed by atoms with Gasteiger partial charge in [0.05, 0.1) is 0 Å². The molecule has 1 amide bonds. The van der Waals surface area contributed by atoms with Crippen molar-refractivity contribution in [3.63, 3.8) is 0 Å². The summed E-state index contributed by atoms with van der Waals surface area (Å²) >= 11 is 0. The summed E-state index contributed by atoms with van der Waals surface area (Å²) in [5.74, 6) is -7.58. The van der Waals surface area contributed by atoms with Crippen LogP contribution in [0.2, 0.25) is 0 Å². The molecule has 1 N–H and O–H groups in total. The maximum Gasteiger partial charge on any atom is 0.463 e. The molecule has 7 heteroatoms. The molecular weight excluding hydrogens is 353 g/mol. The number of rotatable bonds is 16. The first kappa shape index (κ1) is 25.1. The molecule has 0 heterocycles. The molecule has 0 spiro atoms. The third kappa shape index (κ3) is 11.7. The van der Waals surface area contributed by atoms with Gasteiger partial charge in [0.15, 0.2) is 0 Å². The quantitative estimate of drug-likeness (QED) is 0.229. The molecule has 156 valence electrons. The van der Waals surface area contributed by atoms with Gasteiger partial charge in [-0.1, -0.05) is 90.4 Å². The first-order valence-electron chi connectivity index (χ1n) is 9.96. The van der Waals surface area contributed by atoms with Crippen LogP contribution in [0.3, 0.4) is 0 Å². The predicted molar refractivity (Wildman–Crippen MR) is 94.3 cm³/mol. The highest BCUT2D eigenvalue weighted by Crippen LogP contribution is 2.35. The summed E-state index contributed by atoms with van der Waals surface area (Å²) in [6.07, 6.45) is 9.92. The van der Waals surface area contributed by atoms with Crippen LogP contribution in [0, 0.1) is 0 Å². The van der Waals surface area contributed by atoms with Crippen LogP contribution in [0.1, 0.15) is 96.8 Å². The molecule has 0 aliphatic heterocycles. The molecule has 0 bridgehead atoms. The average Bonchev–Trinajstić information content (AvgIpc) is 2.57. The minimum absolute atomic E-state index is 0.150. The number of unbranched alkanes of at least 4 members (excludes halogenated alkanes) is 13. The van der Waals surface area contributed by atoms with Crippen molar-refractivity contribution >= 4 is 5.91 Å². The van der Waals surface area contributed by atoms with Gasteiger partial charge in [0.1, 0.15) is 0 Å². The van der Waals surface area contributed by atoms with Crippen molar-refractivity contribution in [2.24, 2.45) is 0 Å². The molecule has 0 unspecified atom stereocenters. The van der Waals surface area contributed by atoms with Gasteiger partial charge >= 0.3 is 12.1 Å². The summed E-state index contributed by atoms with van der Waals surface area (Å²) in [5.41, 5.74) is 0. The van der Waals surface area contributed by atoms with E-state index in [0.717, 1.165) is 25.7 Å². The number of carbonyl (C=O) groups is 1. The van der Waals surface area contributed by atoms with E-state index >= 15 is 0 Å². The summed E-state index contributed by atoms with van der Waals surface area (Å²) in [7, 11) is 0. The topological polar surface area (TPSA) is 29.1 Å². The van der Waals surface area contributed by atoms with E-state index < -0.39 is 18.0 Å². The van der Waals surface area contributed by atoms with Gasteiger partial charge in [-0.25, -0.2) is 0 Å². The lowest BCUT2D eigenvalue weighted by atomic mass is 10.0. The fourth-order valence-corrected chi connectivity index (χ4v) is 2.76. The number of halogens is 5. The zero-order valence-electron chi connectivity index (χ0n) is 15.9. The lowest BCUT2D eigenvalue weighted by molar-refractivity contribution is -0.269. The van der Waals surface area contributed by atoms with Gasteiger partial charge in [0.2, 0.25) is 0 Å². The summed E-state index contributed by atoms with van der Waals surface area (Å²) in [6.45, 7) is 2.06. The molecule has 0 fully saturated rings. The van der Waals surface area contributed by atoms with E-state index in [1.807, 2.05) is 0 Å². The molecule has 2 nitrogen and oxygen atoms in total. The van der Waals surface area contributed by atoms with E-state index in [1.165, 1.54) is 57.8 Å². The SMILES string of the molecule is CCCCCCCCCCCCCCCCNC(=O)C(F)(F)C(F)(F)F. The minimum atomic E-state index is -5.84. The van der Waals surface area contributed by atoms with E-state index in [9.17, 15) is 26.7 Å². The Morgan fingerprint density at radius 2 is 1.00 bits per heavy atom. The van der Waals surface area contributed by atoms with Gasteiger partial charge in [0.25, 0.3) is 5.91 Å². The summed E-state index contributed by atoms with van der Waals surface area (Å²) < 4.78 is 61.2. The van der Waals surface area contributed by atoms with Gasteiger partial charge in [-0.15, -0.1) is 0 Å². The Kier molecular flexibility index (Phi) is 13.7. The number of nitrogens with one attached hydrogen (secondary N) is 1. The van der Waals surface area contributed by atoms with Crippen LogP contribution in [0.5, 0.6) is 0 Å². The Labute approximate surface area is 154 Å². The second-order valence-electron chi connectivity index (χ2n) is 6.92. The maximum atomic E-state index is 12.7. The second kappa shape index (κ2) is 14.2. The molecule has 0 radical (unpaired) electrons. The zero-order valence-corrected chi connectivity index (χ0v) is 15.9. The van der Waals surface area contributed by atoms with Crippen LogP contribution in [0.15, 0.2) is 0 Å². The van der Waals surface area contributed by atoms with E-state index in [4.69, 9.17) is 0 Å². The second-order valence-corrected chi connectivity index (χ2v) is 6.92. The highest BCUT2D eigenvalue weighted by molar-refractivity contribution is 5.84. The number of carbonyl (C=O) groups excluding carboxylic acids is 1. The van der Waals surface area contributed by atoms with Crippen LogP contribution in [0.4, 0.5) is 22.0 Å². The predicted octanol–water partition coefficient (Wildman–Crippen LogP) is 6.78. The standard InChI is InChI=1S/C19H34F5NO/c1-2-3-4-5-6-7-8-9-10-11-12-13-14-15-16-25-17(26)18(20,21)19(22,23)24/h2-16H2,1H3,(H,25,26). The Morgan fingerprint density at radius 1 is 0.654 bits per heavy atom. The average molecular weight is 387 g/mol. The smallest absolute Gasteiger partial charge is 0.351 e. The van der Waals surface area contributed by atoms with Crippen LogP contribution in [-0.2, 0) is 4.79 Å². The normalized spacial score (nSPS) is 12.4. The first-order valence-corrected chi connectivity index (χ1v) is 9.96. The molecule has 0 aromatic carbocycles. The van der Waals surface area contributed by atoms with Gasteiger partial charge in [0, 0.05) is 6.54 Å². The molecule has 0 aliphatic carbocycles. The van der Waals surface area contributed by atoms with E-state index in [-0.39, 0.29) is 6.54 Å². The van der Waals surface area contributed by atoms with E-state index in [0.29, 0.717) is 6.42 Å². The number of hydrogen-bond acceptors (Lipinski definition) is 1. The van der Waals surface area contributed by atoms with Crippen molar-refractivity contribution in [3.05, 3.63) is 0 Å². The molecule has 0 aliphatic rings. The molecule has 0 saturated carbocycles. The monoisotopic (exact) mass is 387 g/mol. The highest BCUT2D eigenvalue weighted by Gasteiger charge is 2.63. The van der Waals surface area contributed by atoms with Crippen molar-refractivity contribution in [3.8, 4) is 0 Å². The Morgan fingerprint density at radius 3 is 1.35 bits per heavy atom. The Hall–Kier alpha value is -0.880. The summed E-state index contributed by atoms with van der Waals surface area (Å²) in [5, 5.41) is 1.66. The summed E-state index contributed by atoms with van der Waals surface area (Å²) in [4.78, 5) is 10.9. The van der Waals surface area contributed by atoms with Gasteiger partial charge in [-0.3, -0.25) is 4.79 Å². The fourth-order valence-electron chi connectivity index (χ4n) is 2.76. The lowest BCUT2D eigenvalue weighted by Gasteiger charge is -2.18. The molecule has 0 aromatic heterocycles. The first-order chi connectivity index (χ1) is 12.2. The Bertz CT molecular complexity index is 358. The summed E-state index contributed by atoms with van der Waals surface area (Å²) in [6, 6.07) is 0. The van der Waals surface area contributed by atoms with Gasteiger partial charge in [-0.05, 0) is 6.42 Å². The van der Waals surface area contributed by atoms with Gasteiger partial charge < -0.3 is 5.32 Å². The maximum absolute atomic E-state index is 12.7. The lowest BCUT2D eigenvalue weighted by Crippen LogP contribution is -2.50. The van der Waals surface area contributed by atoms with Crippen molar-refractivity contribution < 1.29 is 26.7 Å². The van der Waals surface area contributed by atoms with E-state index in [1.54, 1.807) is 5.32 Å². The number of hydrogen-bond donors (Lipinski definition) is 1. The zero-order chi connectivity index (χ0) is 19.9.